The first kappa shape index (κ1) is 20.3. The molecule has 1 aromatic heterocycles. The monoisotopic (exact) mass is 436 g/mol. The predicted octanol–water partition coefficient (Wildman–Crippen LogP) is 5.92. The fourth-order valence-electron chi connectivity index (χ4n) is 4.56. The summed E-state index contributed by atoms with van der Waals surface area (Å²) in [6, 6.07) is 7.44. The highest BCUT2D eigenvalue weighted by Gasteiger charge is 2.39. The van der Waals surface area contributed by atoms with E-state index in [0.29, 0.717) is 28.2 Å². The van der Waals surface area contributed by atoms with E-state index in [0.717, 1.165) is 27.4 Å². The molecule has 1 unspecified atom stereocenters. The number of hydrogen-bond donors (Lipinski definition) is 1. The Labute approximate surface area is 181 Å². The van der Waals surface area contributed by atoms with E-state index >= 15 is 0 Å². The maximum absolute atomic E-state index is 6.31. The van der Waals surface area contributed by atoms with Crippen LogP contribution in [0.4, 0.5) is 5.82 Å². The summed E-state index contributed by atoms with van der Waals surface area (Å²) in [5, 5.41) is 5.61. The number of rotatable bonds is 4. The number of nitrogens with one attached hydrogen (secondary N) is 1. The van der Waals surface area contributed by atoms with Crippen LogP contribution in [0.2, 0.25) is 10.0 Å². The average molecular weight is 437 g/mol. The second kappa shape index (κ2) is 8.39. The van der Waals surface area contributed by atoms with Crippen molar-refractivity contribution in [1.29, 1.82) is 0 Å². The highest BCUT2D eigenvalue weighted by molar-refractivity contribution is 7.99. The molecule has 2 aliphatic heterocycles. The van der Waals surface area contributed by atoms with Crippen LogP contribution in [-0.4, -0.2) is 40.0 Å². The lowest BCUT2D eigenvalue weighted by Crippen LogP contribution is -2.55. The first-order valence-electron chi connectivity index (χ1n) is 9.86. The van der Waals surface area contributed by atoms with Crippen LogP contribution in [0.15, 0.2) is 34.3 Å². The molecule has 2 saturated heterocycles. The summed E-state index contributed by atoms with van der Waals surface area (Å²) in [4.78, 5) is 12.9. The van der Waals surface area contributed by atoms with E-state index in [2.05, 4.69) is 29.2 Å². The molecule has 0 aliphatic carbocycles. The Kier molecular flexibility index (Phi) is 6.07. The molecule has 7 heteroatoms. The molecule has 2 aromatic rings. The molecule has 150 valence electrons. The quantitative estimate of drug-likeness (QED) is 0.644. The summed E-state index contributed by atoms with van der Waals surface area (Å²) in [7, 11) is 2.29. The van der Waals surface area contributed by atoms with Crippen LogP contribution in [-0.2, 0) is 0 Å². The molecular weight excluding hydrogens is 411 g/mol. The van der Waals surface area contributed by atoms with Gasteiger partial charge in [-0.25, -0.2) is 9.97 Å². The van der Waals surface area contributed by atoms with Gasteiger partial charge in [0.05, 0.1) is 21.9 Å². The second-order valence-corrected chi connectivity index (χ2v) is 9.87. The molecular formula is C21H26Cl2N4S. The maximum atomic E-state index is 6.31. The van der Waals surface area contributed by atoms with Gasteiger partial charge in [0.25, 0.3) is 0 Å². The lowest BCUT2D eigenvalue weighted by molar-refractivity contribution is 0.0248. The first-order valence-corrected chi connectivity index (χ1v) is 11.4. The number of hydrogen-bond acceptors (Lipinski definition) is 5. The topological polar surface area (TPSA) is 41.1 Å². The second-order valence-electron chi connectivity index (χ2n) is 8.05. The molecule has 28 heavy (non-hydrogen) atoms. The van der Waals surface area contributed by atoms with Crippen LogP contribution in [0.5, 0.6) is 0 Å². The van der Waals surface area contributed by atoms with Crippen molar-refractivity contribution in [3.63, 3.8) is 0 Å². The molecule has 0 radical (unpaired) electrons. The van der Waals surface area contributed by atoms with Crippen molar-refractivity contribution in [3.8, 4) is 0 Å². The Morgan fingerprint density at radius 2 is 2.04 bits per heavy atom. The number of anilines is 1. The third kappa shape index (κ3) is 4.13. The summed E-state index contributed by atoms with van der Waals surface area (Å²) in [6.45, 7) is 4.38. The summed E-state index contributed by atoms with van der Waals surface area (Å²) < 4.78 is 0. The number of fused-ring (bicyclic) bond motifs is 2. The molecule has 3 heterocycles. The molecule has 2 bridgehead atoms. The van der Waals surface area contributed by atoms with E-state index in [1.54, 1.807) is 6.07 Å². The Morgan fingerprint density at radius 1 is 1.21 bits per heavy atom. The predicted molar refractivity (Wildman–Crippen MR) is 118 cm³/mol. The van der Waals surface area contributed by atoms with Crippen molar-refractivity contribution in [2.24, 2.45) is 5.92 Å². The van der Waals surface area contributed by atoms with Crippen molar-refractivity contribution < 1.29 is 0 Å². The molecule has 0 amide bonds. The molecule has 4 atom stereocenters. The number of nitrogens with zero attached hydrogens (tertiary/aromatic N) is 3. The number of piperidine rings is 2. The number of halogens is 2. The molecule has 2 fully saturated rings. The average Bonchev–Trinajstić information content (AvgIpc) is 2.65. The van der Waals surface area contributed by atoms with E-state index in [1.165, 1.54) is 37.4 Å². The minimum absolute atomic E-state index is 0.462. The third-order valence-corrected chi connectivity index (χ3v) is 8.26. The smallest absolute Gasteiger partial charge is 0.145 e. The van der Waals surface area contributed by atoms with Crippen LogP contribution >= 0.6 is 35.0 Å². The van der Waals surface area contributed by atoms with Gasteiger partial charge in [-0.1, -0.05) is 48.0 Å². The van der Waals surface area contributed by atoms with Crippen molar-refractivity contribution in [1.82, 2.24) is 14.9 Å². The van der Waals surface area contributed by atoms with Crippen molar-refractivity contribution in [2.45, 2.75) is 67.6 Å². The number of aryl methyl sites for hydroxylation is 1. The molecule has 2 aliphatic rings. The standard InChI is InChI=1S/C21H26Cl2N4S/c1-12-7-8-15-9-14(10-17(12)27(15)3)26-19-11-24-21(13(2)25-19)28-18-6-4-5-16(22)20(18)23/h4-6,11-12,14-15,17H,7-10H2,1-3H3,(H,25,26)/t12?,14-,15+,17+/m0/s1. The molecule has 4 rings (SSSR count). The van der Waals surface area contributed by atoms with Gasteiger partial charge in [0.2, 0.25) is 0 Å². The molecule has 4 nitrogen and oxygen atoms in total. The van der Waals surface area contributed by atoms with Crippen molar-refractivity contribution in [3.05, 3.63) is 40.1 Å². The van der Waals surface area contributed by atoms with E-state index in [1.807, 2.05) is 25.3 Å². The van der Waals surface area contributed by atoms with Gasteiger partial charge in [-0.3, -0.25) is 0 Å². The van der Waals surface area contributed by atoms with Gasteiger partial charge in [-0.2, -0.15) is 0 Å². The molecule has 0 saturated carbocycles. The minimum atomic E-state index is 0.462. The number of aromatic nitrogens is 2. The molecule has 1 aromatic carbocycles. The maximum Gasteiger partial charge on any atom is 0.145 e. The van der Waals surface area contributed by atoms with E-state index in [-0.39, 0.29) is 0 Å². The van der Waals surface area contributed by atoms with Crippen molar-refractivity contribution in [2.75, 3.05) is 12.4 Å². The normalized spacial score (nSPS) is 27.6. The van der Waals surface area contributed by atoms with E-state index in [4.69, 9.17) is 28.2 Å². The Hall–Kier alpha value is -1.01. The van der Waals surface area contributed by atoms with E-state index in [9.17, 15) is 0 Å². The van der Waals surface area contributed by atoms with Crippen LogP contribution in [0, 0.1) is 12.8 Å². The summed E-state index contributed by atoms with van der Waals surface area (Å²) in [5.74, 6) is 1.62. The Morgan fingerprint density at radius 3 is 2.82 bits per heavy atom. The summed E-state index contributed by atoms with van der Waals surface area (Å²) in [6.07, 6.45) is 6.83. The highest BCUT2D eigenvalue weighted by Crippen LogP contribution is 2.38. The molecule has 1 N–H and O–H groups in total. The van der Waals surface area contributed by atoms with Gasteiger partial charge < -0.3 is 10.2 Å². The lowest BCUT2D eigenvalue weighted by atomic mass is 9.77. The van der Waals surface area contributed by atoms with E-state index < -0.39 is 0 Å². The van der Waals surface area contributed by atoms with Gasteiger partial charge in [0.15, 0.2) is 0 Å². The SMILES string of the molecule is Cc1nc(N[C@H]2C[C@H]3CCC(C)[C@@H](C2)N3C)cnc1Sc1cccc(Cl)c1Cl. The summed E-state index contributed by atoms with van der Waals surface area (Å²) >= 11 is 13.9. The highest BCUT2D eigenvalue weighted by atomic mass is 35.5. The Bertz CT molecular complexity index is 862. The van der Waals surface area contributed by atoms with Crippen molar-refractivity contribution >= 4 is 40.8 Å². The third-order valence-electron chi connectivity index (χ3n) is 6.17. The lowest BCUT2D eigenvalue weighted by Gasteiger charge is -2.50. The largest absolute Gasteiger partial charge is 0.366 e. The van der Waals surface area contributed by atoms with Gasteiger partial charge in [-0.05, 0) is 57.7 Å². The Balaban J connectivity index is 1.46. The fraction of sp³-hybridized carbons (Fsp3) is 0.524. The fourth-order valence-corrected chi connectivity index (χ4v) is 5.88. The zero-order chi connectivity index (χ0) is 19.8. The van der Waals surface area contributed by atoms with Gasteiger partial charge in [-0.15, -0.1) is 0 Å². The van der Waals surface area contributed by atoms with Gasteiger partial charge >= 0.3 is 0 Å². The van der Waals surface area contributed by atoms with Gasteiger partial charge in [0.1, 0.15) is 10.8 Å². The zero-order valence-corrected chi connectivity index (χ0v) is 18.8. The van der Waals surface area contributed by atoms with Crippen LogP contribution < -0.4 is 5.32 Å². The zero-order valence-electron chi connectivity index (χ0n) is 16.5. The first-order chi connectivity index (χ1) is 13.4. The number of benzene rings is 1. The molecule has 0 spiro atoms. The van der Waals surface area contributed by atoms with Crippen LogP contribution in [0.25, 0.3) is 0 Å². The van der Waals surface area contributed by atoms with Crippen LogP contribution in [0.1, 0.15) is 38.3 Å². The minimum Gasteiger partial charge on any atom is -0.366 e. The van der Waals surface area contributed by atoms with Gasteiger partial charge in [0, 0.05) is 23.0 Å². The van der Waals surface area contributed by atoms with Crippen LogP contribution in [0.3, 0.4) is 0 Å². The summed E-state index contributed by atoms with van der Waals surface area (Å²) in [5.41, 5.74) is 0.896.